The van der Waals surface area contributed by atoms with Crippen LogP contribution >= 0.6 is 0 Å². The van der Waals surface area contributed by atoms with Crippen molar-refractivity contribution in [2.75, 3.05) is 27.2 Å². The Morgan fingerprint density at radius 2 is 1.45 bits per heavy atom. The molecule has 2 saturated heterocycles. The standard InChI is InChI=1S/C25H33N3O/c1-26(2)25(29)22-12-6-11-21(17-22)19-28-16-8-14-24(28)23-13-7-15-27(23)18-20-9-4-3-5-10-20/h3-6,9-12,17,23-24H,7-8,13-16,18-19H2,1-2H3/t23-,24+/m1/s1. The van der Waals surface area contributed by atoms with Crippen molar-refractivity contribution in [1.82, 2.24) is 14.7 Å². The largest absolute Gasteiger partial charge is 0.345 e. The molecule has 0 radical (unpaired) electrons. The SMILES string of the molecule is CN(C)C(=O)c1cccc(CN2CCC[C@H]2[C@H]2CCCN2Cc2ccccc2)c1. The molecule has 0 bridgehead atoms. The van der Waals surface area contributed by atoms with Crippen LogP contribution in [0.1, 0.15) is 47.2 Å². The number of nitrogens with zero attached hydrogens (tertiary/aromatic N) is 3. The van der Waals surface area contributed by atoms with E-state index in [0.717, 1.165) is 25.2 Å². The van der Waals surface area contributed by atoms with E-state index in [4.69, 9.17) is 0 Å². The Morgan fingerprint density at radius 3 is 2.07 bits per heavy atom. The Kier molecular flexibility index (Phi) is 6.31. The lowest BCUT2D eigenvalue weighted by Crippen LogP contribution is -2.45. The van der Waals surface area contributed by atoms with Crippen molar-refractivity contribution in [2.45, 2.75) is 50.9 Å². The Balaban J connectivity index is 1.45. The summed E-state index contributed by atoms with van der Waals surface area (Å²) in [5.74, 6) is 0.0784. The first-order valence-electron chi connectivity index (χ1n) is 10.9. The van der Waals surface area contributed by atoms with Gasteiger partial charge in [0.15, 0.2) is 0 Å². The highest BCUT2D eigenvalue weighted by molar-refractivity contribution is 5.94. The Labute approximate surface area is 175 Å². The smallest absolute Gasteiger partial charge is 0.253 e. The van der Waals surface area contributed by atoms with Gasteiger partial charge in [-0.3, -0.25) is 14.6 Å². The quantitative estimate of drug-likeness (QED) is 0.744. The van der Waals surface area contributed by atoms with Crippen LogP contribution in [0.25, 0.3) is 0 Å². The lowest BCUT2D eigenvalue weighted by atomic mass is 10.0. The molecule has 0 aliphatic carbocycles. The Bertz CT molecular complexity index is 820. The molecule has 0 unspecified atom stereocenters. The van der Waals surface area contributed by atoms with Crippen molar-refractivity contribution < 1.29 is 4.79 Å². The lowest BCUT2D eigenvalue weighted by molar-refractivity contribution is 0.0827. The fourth-order valence-corrected chi connectivity index (χ4v) is 5.08. The second-order valence-electron chi connectivity index (χ2n) is 8.75. The average Bonchev–Trinajstić information content (AvgIpc) is 3.37. The minimum Gasteiger partial charge on any atom is -0.345 e. The van der Waals surface area contributed by atoms with Crippen molar-refractivity contribution in [3.63, 3.8) is 0 Å². The van der Waals surface area contributed by atoms with Gasteiger partial charge in [-0.15, -0.1) is 0 Å². The first kappa shape index (κ1) is 20.1. The molecule has 2 fully saturated rings. The van der Waals surface area contributed by atoms with Crippen LogP contribution in [0.4, 0.5) is 0 Å². The molecule has 4 heteroatoms. The molecule has 0 spiro atoms. The van der Waals surface area contributed by atoms with E-state index in [2.05, 4.69) is 52.3 Å². The van der Waals surface area contributed by atoms with Crippen LogP contribution in [0.3, 0.4) is 0 Å². The molecular formula is C25H33N3O. The van der Waals surface area contributed by atoms with Crippen LogP contribution in [0, 0.1) is 0 Å². The summed E-state index contributed by atoms with van der Waals surface area (Å²) in [5, 5.41) is 0. The molecule has 2 aliphatic rings. The summed E-state index contributed by atoms with van der Waals surface area (Å²) < 4.78 is 0. The van der Waals surface area contributed by atoms with Crippen molar-refractivity contribution in [3.05, 3.63) is 71.3 Å². The van der Waals surface area contributed by atoms with Crippen LogP contribution in [-0.2, 0) is 13.1 Å². The highest BCUT2D eigenvalue weighted by Crippen LogP contribution is 2.32. The van der Waals surface area contributed by atoms with Crippen LogP contribution in [-0.4, -0.2) is 59.9 Å². The highest BCUT2D eigenvalue weighted by Gasteiger charge is 2.37. The van der Waals surface area contributed by atoms with E-state index in [0.29, 0.717) is 12.1 Å². The molecule has 2 aromatic rings. The molecule has 4 nitrogen and oxygen atoms in total. The van der Waals surface area contributed by atoms with Crippen molar-refractivity contribution in [3.8, 4) is 0 Å². The predicted octanol–water partition coefficient (Wildman–Crippen LogP) is 4.02. The first-order valence-corrected chi connectivity index (χ1v) is 10.9. The number of carbonyl (C=O) groups is 1. The van der Waals surface area contributed by atoms with Gasteiger partial charge in [0.25, 0.3) is 5.91 Å². The number of hydrogen-bond donors (Lipinski definition) is 0. The minimum atomic E-state index is 0.0784. The van der Waals surface area contributed by atoms with Gasteiger partial charge in [-0.25, -0.2) is 0 Å². The summed E-state index contributed by atoms with van der Waals surface area (Å²) in [4.78, 5) is 19.3. The van der Waals surface area contributed by atoms with E-state index in [1.165, 1.54) is 43.4 Å². The molecular weight excluding hydrogens is 358 g/mol. The van der Waals surface area contributed by atoms with Crippen LogP contribution in [0.5, 0.6) is 0 Å². The van der Waals surface area contributed by atoms with E-state index < -0.39 is 0 Å². The van der Waals surface area contributed by atoms with Gasteiger partial charge >= 0.3 is 0 Å². The topological polar surface area (TPSA) is 26.8 Å². The maximum atomic E-state index is 12.3. The monoisotopic (exact) mass is 391 g/mol. The molecule has 0 N–H and O–H groups in total. The van der Waals surface area contributed by atoms with Gasteiger partial charge in [0.05, 0.1) is 0 Å². The summed E-state index contributed by atoms with van der Waals surface area (Å²) in [6.07, 6.45) is 5.16. The summed E-state index contributed by atoms with van der Waals surface area (Å²) in [7, 11) is 3.62. The molecule has 154 valence electrons. The van der Waals surface area contributed by atoms with Crippen LogP contribution in [0.2, 0.25) is 0 Å². The molecule has 4 rings (SSSR count). The fourth-order valence-electron chi connectivity index (χ4n) is 5.08. The third kappa shape index (κ3) is 4.71. The minimum absolute atomic E-state index is 0.0784. The van der Waals surface area contributed by atoms with Gasteiger partial charge in [0.1, 0.15) is 0 Å². The van der Waals surface area contributed by atoms with Crippen molar-refractivity contribution >= 4 is 5.91 Å². The molecule has 0 aromatic heterocycles. The predicted molar refractivity (Wildman–Crippen MR) is 118 cm³/mol. The summed E-state index contributed by atoms with van der Waals surface area (Å²) >= 11 is 0. The highest BCUT2D eigenvalue weighted by atomic mass is 16.2. The Hall–Kier alpha value is -2.17. The summed E-state index contributed by atoms with van der Waals surface area (Å²) in [6.45, 7) is 4.36. The van der Waals surface area contributed by atoms with Gasteiger partial charge in [0, 0.05) is 44.8 Å². The van der Waals surface area contributed by atoms with Gasteiger partial charge in [-0.05, 0) is 62.0 Å². The van der Waals surface area contributed by atoms with E-state index >= 15 is 0 Å². The van der Waals surface area contributed by atoms with E-state index in [9.17, 15) is 4.79 Å². The van der Waals surface area contributed by atoms with Crippen LogP contribution in [0.15, 0.2) is 54.6 Å². The number of likely N-dealkylation sites (tertiary alicyclic amines) is 2. The zero-order valence-electron chi connectivity index (χ0n) is 17.8. The summed E-state index contributed by atoms with van der Waals surface area (Å²) in [5.41, 5.74) is 3.45. The molecule has 29 heavy (non-hydrogen) atoms. The summed E-state index contributed by atoms with van der Waals surface area (Å²) in [6, 6.07) is 20.3. The normalized spacial score (nSPS) is 22.8. The Morgan fingerprint density at radius 1 is 0.862 bits per heavy atom. The maximum absolute atomic E-state index is 12.3. The van der Waals surface area contributed by atoms with Crippen LogP contribution < -0.4 is 0 Å². The zero-order chi connectivity index (χ0) is 20.2. The molecule has 0 saturated carbocycles. The number of carbonyl (C=O) groups excluding carboxylic acids is 1. The van der Waals surface area contributed by atoms with Gasteiger partial charge in [-0.2, -0.15) is 0 Å². The fraction of sp³-hybridized carbons (Fsp3) is 0.480. The molecule has 2 heterocycles. The molecule has 2 aromatic carbocycles. The second kappa shape index (κ2) is 9.10. The number of hydrogen-bond acceptors (Lipinski definition) is 3. The van der Waals surface area contributed by atoms with E-state index in [1.54, 1.807) is 4.90 Å². The number of benzene rings is 2. The molecule has 1 amide bonds. The van der Waals surface area contributed by atoms with Crippen molar-refractivity contribution in [2.24, 2.45) is 0 Å². The third-order valence-corrected chi connectivity index (χ3v) is 6.47. The van der Waals surface area contributed by atoms with E-state index in [1.807, 2.05) is 26.2 Å². The number of rotatable bonds is 6. The number of amides is 1. The van der Waals surface area contributed by atoms with Crippen molar-refractivity contribution in [1.29, 1.82) is 0 Å². The molecule has 2 aliphatic heterocycles. The zero-order valence-corrected chi connectivity index (χ0v) is 17.8. The van der Waals surface area contributed by atoms with Gasteiger partial charge in [0.2, 0.25) is 0 Å². The van der Waals surface area contributed by atoms with Gasteiger partial charge < -0.3 is 4.90 Å². The van der Waals surface area contributed by atoms with E-state index in [-0.39, 0.29) is 5.91 Å². The third-order valence-electron chi connectivity index (χ3n) is 6.47. The first-order chi connectivity index (χ1) is 14.1. The lowest BCUT2D eigenvalue weighted by Gasteiger charge is -2.35. The second-order valence-corrected chi connectivity index (χ2v) is 8.75. The maximum Gasteiger partial charge on any atom is 0.253 e. The average molecular weight is 392 g/mol. The van der Waals surface area contributed by atoms with Gasteiger partial charge in [-0.1, -0.05) is 42.5 Å². The molecule has 2 atom stereocenters.